The average molecular weight is 569 g/mol. The van der Waals surface area contributed by atoms with Crippen LogP contribution in [0.5, 0.6) is 0 Å². The summed E-state index contributed by atoms with van der Waals surface area (Å²) >= 11 is -2.74. The maximum absolute atomic E-state index is 11.6. The van der Waals surface area contributed by atoms with Crippen molar-refractivity contribution in [3.8, 4) is 0 Å². The van der Waals surface area contributed by atoms with Gasteiger partial charge in [0, 0.05) is 0 Å². The molecule has 7 atom stereocenters. The van der Waals surface area contributed by atoms with Gasteiger partial charge in [0.2, 0.25) is 0 Å². The van der Waals surface area contributed by atoms with Crippen LogP contribution in [0.25, 0.3) is 0 Å². The summed E-state index contributed by atoms with van der Waals surface area (Å²) in [6, 6.07) is 0. The second-order valence-electron chi connectivity index (χ2n) is 8.43. The van der Waals surface area contributed by atoms with Gasteiger partial charge in [-0.05, 0) is 0 Å². The molecule has 16 heteroatoms. The summed E-state index contributed by atoms with van der Waals surface area (Å²) < 4.78 is 49.4. The van der Waals surface area contributed by atoms with Gasteiger partial charge in [-0.2, -0.15) is 0 Å². The number of carboxylic acids is 1. The van der Waals surface area contributed by atoms with Crippen molar-refractivity contribution in [1.29, 1.82) is 0 Å². The van der Waals surface area contributed by atoms with Crippen molar-refractivity contribution >= 4 is 29.9 Å². The number of rotatable bonds is 16. The predicted octanol–water partition coefficient (Wildman–Crippen LogP) is -2.59. The molecule has 1 heterocycles. The molecule has 1 fully saturated rings. The Balaban J connectivity index is 2.59. The van der Waals surface area contributed by atoms with Gasteiger partial charge >= 0.3 is 194 Å². The molecule has 0 amide bonds. The van der Waals surface area contributed by atoms with Crippen LogP contribution in [0.2, 0.25) is 21.8 Å². The number of aliphatic hydroxyl groups is 5. The number of aliphatic carboxylic acids is 1. The molecular formula is C17H34AsO14S+. The Morgan fingerprint density at radius 3 is 2.24 bits per heavy atom. The Bertz CT molecular complexity index is 704. The van der Waals surface area contributed by atoms with Gasteiger partial charge in [-0.1, -0.05) is 0 Å². The summed E-state index contributed by atoms with van der Waals surface area (Å²) in [5.41, 5.74) is 3.81. The molecule has 1 aliphatic rings. The Morgan fingerprint density at radius 1 is 1.06 bits per heavy atom. The molecule has 0 radical (unpaired) electrons. The van der Waals surface area contributed by atoms with Crippen LogP contribution in [-0.2, 0) is 33.6 Å². The van der Waals surface area contributed by atoms with E-state index in [9.17, 15) is 38.7 Å². The quantitative estimate of drug-likeness (QED) is 0.0747. The minimum atomic E-state index is -4.74. The third-order valence-electron chi connectivity index (χ3n) is 4.76. The summed E-state index contributed by atoms with van der Waals surface area (Å²) in [6.45, 7) is -2.18. The van der Waals surface area contributed by atoms with Crippen LogP contribution in [0.15, 0.2) is 0 Å². The molecule has 0 aromatic carbocycles. The number of hydrogen-bond acceptors (Lipinski definition) is 12. The van der Waals surface area contributed by atoms with Crippen LogP contribution in [0.3, 0.4) is 0 Å². The Morgan fingerprint density at radius 2 is 1.70 bits per heavy atom. The number of ether oxygens (including phenoxy) is 3. The van der Waals surface area contributed by atoms with Gasteiger partial charge in [-0.25, -0.2) is 0 Å². The molecule has 3 unspecified atom stereocenters. The van der Waals surface area contributed by atoms with E-state index in [-0.39, 0.29) is 18.4 Å². The van der Waals surface area contributed by atoms with Crippen LogP contribution in [0.1, 0.15) is 0 Å². The molecular weight excluding hydrogens is 535 g/mol. The summed E-state index contributed by atoms with van der Waals surface area (Å²) in [6.07, 6.45) is -7.54. The second-order valence-corrected chi connectivity index (χ2v) is 19.2. The van der Waals surface area contributed by atoms with Crippen molar-refractivity contribution in [2.75, 3.05) is 33.0 Å². The SMILES string of the molecule is C[As+](C)(CC(COCC(O)CO)C(=O)O)C[C@H]1O[C@@H](OCC(O)COS(=O)(=O)O)[C@H](O)[C@@H]1O. The molecule has 33 heavy (non-hydrogen) atoms. The van der Waals surface area contributed by atoms with E-state index in [1.807, 2.05) is 11.4 Å². The molecule has 1 aliphatic heterocycles. The van der Waals surface area contributed by atoms with E-state index >= 15 is 0 Å². The van der Waals surface area contributed by atoms with Gasteiger partial charge in [0.15, 0.2) is 0 Å². The van der Waals surface area contributed by atoms with E-state index in [0.29, 0.717) is 5.21 Å². The predicted molar refractivity (Wildman–Crippen MR) is 112 cm³/mol. The first-order chi connectivity index (χ1) is 15.1. The van der Waals surface area contributed by atoms with Crippen molar-refractivity contribution in [2.24, 2.45) is 5.92 Å². The van der Waals surface area contributed by atoms with Crippen LogP contribution < -0.4 is 0 Å². The normalized spacial score (nSPS) is 26.8. The molecule has 0 saturated carbocycles. The zero-order valence-corrected chi connectivity index (χ0v) is 21.0. The fourth-order valence-electron chi connectivity index (χ4n) is 3.18. The third-order valence-corrected chi connectivity index (χ3v) is 11.0. The van der Waals surface area contributed by atoms with Gasteiger partial charge < -0.3 is 0 Å². The van der Waals surface area contributed by atoms with E-state index in [2.05, 4.69) is 4.18 Å². The molecule has 0 aliphatic carbocycles. The first kappa shape index (κ1) is 30.6. The number of aliphatic hydroxyl groups excluding tert-OH is 5. The summed E-state index contributed by atoms with van der Waals surface area (Å²) in [5, 5.41) is 58.3. The first-order valence-electron chi connectivity index (χ1n) is 9.99. The van der Waals surface area contributed by atoms with Gasteiger partial charge in [-0.3, -0.25) is 0 Å². The zero-order valence-electron chi connectivity index (χ0n) is 18.3. The molecule has 0 bridgehead atoms. The summed E-state index contributed by atoms with van der Waals surface area (Å²) in [4.78, 5) is 11.6. The van der Waals surface area contributed by atoms with Crippen molar-refractivity contribution in [3.63, 3.8) is 0 Å². The molecule has 0 spiro atoms. The van der Waals surface area contributed by atoms with Gasteiger partial charge in [0.25, 0.3) is 0 Å². The Hall–Kier alpha value is -0.422. The standard InChI is InChI=1S/C17H33AsO14S/c1-18(2,3-10(16(24)25)6-29-7-11(20)5-19)4-13-14(22)15(23)17(32-13)30-8-12(21)9-31-33(26,27)28/h10-15,17,19-23H,3-9H2,1-2H3,(H-,24,25,26,27,28)/p+1/t10?,11?,12?,13-,14-,15-,17-/m1/s1. The number of carbonyl (C=O) groups is 1. The van der Waals surface area contributed by atoms with Crippen LogP contribution in [-0.4, -0.2) is 133 Å². The second kappa shape index (κ2) is 13.6. The monoisotopic (exact) mass is 569 g/mol. The van der Waals surface area contributed by atoms with E-state index in [1.165, 1.54) is 0 Å². The van der Waals surface area contributed by atoms with Crippen LogP contribution in [0.4, 0.5) is 0 Å². The van der Waals surface area contributed by atoms with Crippen molar-refractivity contribution in [1.82, 2.24) is 0 Å². The average Bonchev–Trinajstić information content (AvgIpc) is 2.96. The van der Waals surface area contributed by atoms with Gasteiger partial charge in [0.1, 0.15) is 0 Å². The number of hydrogen-bond donors (Lipinski definition) is 7. The first-order valence-corrected chi connectivity index (χ1v) is 17.8. The van der Waals surface area contributed by atoms with Crippen LogP contribution >= 0.6 is 0 Å². The fourth-order valence-corrected chi connectivity index (χ4v) is 9.55. The molecule has 0 aromatic heterocycles. The number of carboxylic acid groups (broad SMARTS) is 1. The molecule has 0 aromatic rings. The Kier molecular flexibility index (Phi) is 12.6. The molecule has 1 saturated heterocycles. The van der Waals surface area contributed by atoms with E-state index < -0.39 is 92.5 Å². The third kappa shape index (κ3) is 11.7. The Labute approximate surface area is 194 Å². The van der Waals surface area contributed by atoms with Gasteiger partial charge in [0.05, 0.1) is 0 Å². The van der Waals surface area contributed by atoms with Gasteiger partial charge in [-0.15, -0.1) is 0 Å². The summed E-state index contributed by atoms with van der Waals surface area (Å²) in [5.74, 6) is -1.95. The van der Waals surface area contributed by atoms with Crippen molar-refractivity contribution < 1.29 is 66.8 Å². The fraction of sp³-hybridized carbons (Fsp3) is 0.941. The van der Waals surface area contributed by atoms with E-state index in [4.69, 9.17) is 23.9 Å². The molecule has 196 valence electrons. The zero-order chi connectivity index (χ0) is 25.4. The minimum absolute atomic E-state index is 0.164. The van der Waals surface area contributed by atoms with E-state index in [1.54, 1.807) is 0 Å². The topological polar surface area (TPSA) is 230 Å². The van der Waals surface area contributed by atoms with Crippen molar-refractivity contribution in [2.45, 2.75) is 58.6 Å². The molecule has 14 nitrogen and oxygen atoms in total. The molecule has 1 rings (SSSR count). The maximum atomic E-state index is 11.6. The van der Waals surface area contributed by atoms with E-state index in [0.717, 1.165) is 0 Å². The van der Waals surface area contributed by atoms with Crippen LogP contribution in [0, 0.1) is 5.92 Å². The molecule has 7 N–H and O–H groups in total. The van der Waals surface area contributed by atoms with Crippen molar-refractivity contribution in [3.05, 3.63) is 0 Å². The summed E-state index contributed by atoms with van der Waals surface area (Å²) in [7, 11) is -4.74.